The predicted molar refractivity (Wildman–Crippen MR) is 142 cm³/mol. The fourth-order valence-corrected chi connectivity index (χ4v) is 4.80. The first-order chi connectivity index (χ1) is 17.9. The number of fused-ring (bicyclic) bond motifs is 1. The number of furan rings is 1. The lowest BCUT2D eigenvalue weighted by Gasteiger charge is -2.36. The van der Waals surface area contributed by atoms with E-state index in [1.807, 2.05) is 16.4 Å². The Morgan fingerprint density at radius 2 is 1.81 bits per heavy atom. The molecule has 0 saturated carbocycles. The molecule has 1 N–H and O–H groups in total. The Kier molecular flexibility index (Phi) is 8.63. The monoisotopic (exact) mass is 510 g/mol. The van der Waals surface area contributed by atoms with E-state index in [-0.39, 0.29) is 22.6 Å². The van der Waals surface area contributed by atoms with Crippen LogP contribution in [0.15, 0.2) is 45.9 Å². The number of carbonyl (C=O) groups is 2. The van der Waals surface area contributed by atoms with Crippen molar-refractivity contribution in [3.05, 3.63) is 64.1 Å². The molecule has 0 bridgehead atoms. The summed E-state index contributed by atoms with van der Waals surface area (Å²) in [5.41, 5.74) is 0.514. The van der Waals surface area contributed by atoms with Gasteiger partial charge in [0.15, 0.2) is 5.76 Å². The summed E-state index contributed by atoms with van der Waals surface area (Å²) < 4.78 is 22.3. The zero-order valence-electron chi connectivity index (χ0n) is 21.6. The molecule has 37 heavy (non-hydrogen) atoms. The second kappa shape index (κ2) is 12.1. The molecule has 198 valence electrons. The number of rotatable bonds is 10. The van der Waals surface area contributed by atoms with Crippen LogP contribution in [-0.2, 0) is 6.54 Å². The topological polar surface area (TPSA) is 87.8 Å². The molecule has 8 nitrogen and oxygen atoms in total. The van der Waals surface area contributed by atoms with E-state index in [9.17, 15) is 14.4 Å². The van der Waals surface area contributed by atoms with Crippen molar-refractivity contribution in [2.75, 3.05) is 37.6 Å². The van der Waals surface area contributed by atoms with Gasteiger partial charge in [-0.2, -0.15) is 0 Å². The molecule has 0 aliphatic carbocycles. The van der Waals surface area contributed by atoms with Gasteiger partial charge < -0.3 is 24.1 Å². The molecule has 0 radical (unpaired) electrons. The highest BCUT2D eigenvalue weighted by atomic mass is 19.1. The SMILES string of the molecule is CCCCCCCNC(=O)c1cn(CC)c2cc(N3CCN(C(=O)c4ccco4)CC3)c(F)cc2c1=O. The molecule has 0 atom stereocenters. The van der Waals surface area contributed by atoms with Crippen molar-refractivity contribution in [3.8, 4) is 0 Å². The second-order valence-corrected chi connectivity index (χ2v) is 9.41. The third kappa shape index (κ3) is 5.87. The van der Waals surface area contributed by atoms with Crippen molar-refractivity contribution >= 4 is 28.4 Å². The smallest absolute Gasteiger partial charge is 0.289 e. The summed E-state index contributed by atoms with van der Waals surface area (Å²) in [5, 5.41) is 3.03. The number of carbonyl (C=O) groups excluding carboxylic acids is 2. The van der Waals surface area contributed by atoms with E-state index in [0.717, 1.165) is 25.7 Å². The number of hydrogen-bond donors (Lipinski definition) is 1. The maximum absolute atomic E-state index is 15.3. The van der Waals surface area contributed by atoms with Crippen LogP contribution in [0.25, 0.3) is 10.9 Å². The van der Waals surface area contributed by atoms with Crippen LogP contribution in [0.4, 0.5) is 10.1 Å². The highest BCUT2D eigenvalue weighted by Gasteiger charge is 2.26. The number of amides is 2. The van der Waals surface area contributed by atoms with Gasteiger partial charge in [0.05, 0.1) is 17.5 Å². The summed E-state index contributed by atoms with van der Waals surface area (Å²) in [4.78, 5) is 42.1. The van der Waals surface area contributed by atoms with Crippen molar-refractivity contribution < 1.29 is 18.4 Å². The van der Waals surface area contributed by atoms with E-state index < -0.39 is 17.2 Å². The minimum absolute atomic E-state index is 0.0279. The first-order valence-electron chi connectivity index (χ1n) is 13.2. The number of anilines is 1. The van der Waals surface area contributed by atoms with E-state index in [1.54, 1.807) is 29.3 Å². The quantitative estimate of drug-likeness (QED) is 0.408. The van der Waals surface area contributed by atoms with Gasteiger partial charge >= 0.3 is 0 Å². The Balaban J connectivity index is 1.51. The normalized spacial score (nSPS) is 13.8. The first-order valence-corrected chi connectivity index (χ1v) is 13.2. The lowest BCUT2D eigenvalue weighted by atomic mass is 10.1. The molecule has 4 rings (SSSR count). The van der Waals surface area contributed by atoms with Crippen molar-refractivity contribution in [2.24, 2.45) is 0 Å². The van der Waals surface area contributed by atoms with E-state index in [1.165, 1.54) is 18.8 Å². The number of pyridine rings is 1. The highest BCUT2D eigenvalue weighted by molar-refractivity contribution is 5.98. The Hall–Kier alpha value is -3.62. The Morgan fingerprint density at radius 3 is 2.49 bits per heavy atom. The van der Waals surface area contributed by atoms with E-state index in [4.69, 9.17) is 4.42 Å². The third-order valence-corrected chi connectivity index (χ3v) is 6.94. The zero-order chi connectivity index (χ0) is 26.4. The Morgan fingerprint density at radius 1 is 1.05 bits per heavy atom. The van der Waals surface area contributed by atoms with E-state index >= 15 is 4.39 Å². The van der Waals surface area contributed by atoms with Gasteiger partial charge in [0.1, 0.15) is 11.4 Å². The molecule has 9 heteroatoms. The number of hydrogen-bond acceptors (Lipinski definition) is 5. The first kappa shape index (κ1) is 26.4. The minimum Gasteiger partial charge on any atom is -0.459 e. The van der Waals surface area contributed by atoms with Crippen LogP contribution < -0.4 is 15.6 Å². The van der Waals surface area contributed by atoms with Gasteiger partial charge in [0.2, 0.25) is 5.43 Å². The Bertz CT molecular complexity index is 1290. The highest BCUT2D eigenvalue weighted by Crippen LogP contribution is 2.26. The van der Waals surface area contributed by atoms with Gasteiger partial charge in [-0.3, -0.25) is 14.4 Å². The molecular formula is C28H35FN4O4. The predicted octanol–water partition coefficient (Wildman–Crippen LogP) is 4.42. The largest absolute Gasteiger partial charge is 0.459 e. The van der Waals surface area contributed by atoms with Gasteiger partial charge in [0, 0.05) is 50.9 Å². The van der Waals surface area contributed by atoms with E-state index in [2.05, 4.69) is 12.2 Å². The Labute approximate surface area is 216 Å². The van der Waals surface area contributed by atoms with Gasteiger partial charge in [-0.15, -0.1) is 0 Å². The molecule has 1 aromatic carbocycles. The number of aryl methyl sites for hydroxylation is 1. The maximum Gasteiger partial charge on any atom is 0.289 e. The van der Waals surface area contributed by atoms with Gasteiger partial charge in [-0.05, 0) is 37.6 Å². The van der Waals surface area contributed by atoms with E-state index in [0.29, 0.717) is 50.5 Å². The minimum atomic E-state index is -0.522. The summed E-state index contributed by atoms with van der Waals surface area (Å²) in [5.74, 6) is -0.846. The average molecular weight is 511 g/mol. The van der Waals surface area contributed by atoms with Gasteiger partial charge in [-0.1, -0.05) is 32.6 Å². The van der Waals surface area contributed by atoms with Crippen molar-refractivity contribution in [3.63, 3.8) is 0 Å². The third-order valence-electron chi connectivity index (χ3n) is 6.94. The number of unbranched alkanes of at least 4 members (excludes halogenated alkanes) is 4. The molecule has 2 amide bonds. The van der Waals surface area contributed by atoms with Crippen molar-refractivity contribution in [2.45, 2.75) is 52.5 Å². The molecule has 0 unspecified atom stereocenters. The molecule has 1 fully saturated rings. The van der Waals surface area contributed by atoms with Crippen LogP contribution in [0.5, 0.6) is 0 Å². The van der Waals surface area contributed by atoms with Crippen LogP contribution >= 0.6 is 0 Å². The summed E-state index contributed by atoms with van der Waals surface area (Å²) in [6.45, 7) is 6.84. The number of nitrogens with zero attached hydrogens (tertiary/aromatic N) is 3. The van der Waals surface area contributed by atoms with Crippen LogP contribution in [0.3, 0.4) is 0 Å². The summed E-state index contributed by atoms with van der Waals surface area (Å²) >= 11 is 0. The number of nitrogens with one attached hydrogen (secondary N) is 1. The lowest BCUT2D eigenvalue weighted by molar-refractivity contribution is 0.0714. The number of piperazine rings is 1. The fraction of sp³-hybridized carbons (Fsp3) is 0.464. The van der Waals surface area contributed by atoms with Crippen molar-refractivity contribution in [1.82, 2.24) is 14.8 Å². The zero-order valence-corrected chi connectivity index (χ0v) is 21.6. The van der Waals surface area contributed by atoms with Crippen molar-refractivity contribution in [1.29, 1.82) is 0 Å². The van der Waals surface area contributed by atoms with Crippen LogP contribution in [0, 0.1) is 5.82 Å². The average Bonchev–Trinajstić information content (AvgIpc) is 3.46. The van der Waals surface area contributed by atoms with Gasteiger partial charge in [-0.25, -0.2) is 4.39 Å². The summed E-state index contributed by atoms with van der Waals surface area (Å²) in [7, 11) is 0. The van der Waals surface area contributed by atoms with Crippen LogP contribution in [-0.4, -0.2) is 54.0 Å². The molecule has 1 saturated heterocycles. The molecule has 0 spiro atoms. The second-order valence-electron chi connectivity index (χ2n) is 9.41. The standard InChI is InChI=1S/C28H35FN4O4/c1-3-5-6-7-8-11-30-27(35)21-19-31(4-2)23-18-24(22(29)17-20(23)26(21)34)32-12-14-33(15-13-32)28(36)25-10-9-16-37-25/h9-10,16-19H,3-8,11-15H2,1-2H3,(H,30,35). The number of benzene rings is 1. The number of halogens is 1. The molecule has 3 heterocycles. The van der Waals surface area contributed by atoms with Crippen LogP contribution in [0.2, 0.25) is 0 Å². The molecule has 1 aliphatic heterocycles. The van der Waals surface area contributed by atoms with Gasteiger partial charge in [0.25, 0.3) is 11.8 Å². The molecule has 3 aromatic rings. The molecule has 1 aliphatic rings. The fourth-order valence-electron chi connectivity index (χ4n) is 4.80. The maximum atomic E-state index is 15.3. The number of aromatic nitrogens is 1. The summed E-state index contributed by atoms with van der Waals surface area (Å²) in [6.07, 6.45) is 8.38. The molecular weight excluding hydrogens is 475 g/mol. The molecule has 2 aromatic heterocycles. The van der Waals surface area contributed by atoms with Crippen LogP contribution in [0.1, 0.15) is 66.9 Å². The lowest BCUT2D eigenvalue weighted by Crippen LogP contribution is -2.49. The summed E-state index contributed by atoms with van der Waals surface area (Å²) in [6, 6.07) is 6.21.